The zero-order valence-electron chi connectivity index (χ0n) is 13.3. The molecule has 1 aliphatic heterocycles. The van der Waals surface area contributed by atoms with E-state index in [0.717, 1.165) is 25.0 Å². The summed E-state index contributed by atoms with van der Waals surface area (Å²) in [5.41, 5.74) is 0.0452. The Morgan fingerprint density at radius 3 is 2.71 bits per heavy atom. The van der Waals surface area contributed by atoms with Gasteiger partial charge in [0, 0.05) is 32.1 Å². The van der Waals surface area contributed by atoms with E-state index < -0.39 is 26.6 Å². The quantitative estimate of drug-likeness (QED) is 0.795. The van der Waals surface area contributed by atoms with Gasteiger partial charge in [0.05, 0.1) is 10.7 Å². The maximum atomic E-state index is 14.3. The fourth-order valence-corrected chi connectivity index (χ4v) is 4.75. The molecular formula is C14H20Cl2FN3O3S. The van der Waals surface area contributed by atoms with Crippen molar-refractivity contribution in [2.45, 2.75) is 30.7 Å². The average molecular weight is 400 g/mol. The molecule has 0 saturated carbocycles. The lowest BCUT2D eigenvalue weighted by atomic mass is 10.2. The van der Waals surface area contributed by atoms with Crippen molar-refractivity contribution < 1.29 is 17.6 Å². The van der Waals surface area contributed by atoms with Crippen LogP contribution in [-0.4, -0.2) is 44.8 Å². The number of hydrogen-bond donors (Lipinski definition) is 2. The lowest BCUT2D eigenvalue weighted by molar-refractivity contribution is -0.114. The minimum atomic E-state index is -3.99. The van der Waals surface area contributed by atoms with Gasteiger partial charge in [0.25, 0.3) is 0 Å². The molecule has 1 amide bonds. The smallest absolute Gasteiger partial charge is 0.246 e. The van der Waals surface area contributed by atoms with Crippen LogP contribution in [0.15, 0.2) is 17.0 Å². The van der Waals surface area contributed by atoms with E-state index in [-0.39, 0.29) is 29.2 Å². The third-order valence-electron chi connectivity index (χ3n) is 3.68. The molecule has 1 aromatic carbocycles. The second-order valence-corrected chi connectivity index (χ2v) is 7.68. The molecular weight excluding hydrogens is 380 g/mol. The first kappa shape index (κ1) is 21.1. The molecule has 1 aromatic rings. The maximum Gasteiger partial charge on any atom is 0.246 e. The van der Waals surface area contributed by atoms with E-state index in [9.17, 15) is 17.6 Å². The molecule has 24 heavy (non-hydrogen) atoms. The van der Waals surface area contributed by atoms with Gasteiger partial charge in [-0.2, -0.15) is 4.31 Å². The topological polar surface area (TPSA) is 78.5 Å². The maximum absolute atomic E-state index is 14.3. The van der Waals surface area contributed by atoms with Gasteiger partial charge in [0.1, 0.15) is 10.7 Å². The predicted molar refractivity (Wildman–Crippen MR) is 93.8 cm³/mol. The van der Waals surface area contributed by atoms with Crippen molar-refractivity contribution >= 4 is 45.6 Å². The number of anilines is 1. The monoisotopic (exact) mass is 399 g/mol. The van der Waals surface area contributed by atoms with Crippen molar-refractivity contribution in [2.24, 2.45) is 0 Å². The summed E-state index contributed by atoms with van der Waals surface area (Å²) in [6, 6.07) is 1.77. The van der Waals surface area contributed by atoms with E-state index in [4.69, 9.17) is 11.6 Å². The van der Waals surface area contributed by atoms with Gasteiger partial charge >= 0.3 is 0 Å². The molecule has 2 rings (SSSR count). The van der Waals surface area contributed by atoms with E-state index in [1.165, 1.54) is 11.2 Å². The lowest BCUT2D eigenvalue weighted by Crippen LogP contribution is -2.41. The molecule has 6 nitrogen and oxygen atoms in total. The summed E-state index contributed by atoms with van der Waals surface area (Å²) >= 11 is 5.98. The normalized spacial score (nSPS) is 18.2. The van der Waals surface area contributed by atoms with Crippen LogP contribution in [0.4, 0.5) is 10.1 Å². The molecule has 10 heteroatoms. The third kappa shape index (κ3) is 4.37. The van der Waals surface area contributed by atoms with E-state index in [1.807, 2.05) is 0 Å². The van der Waals surface area contributed by atoms with Crippen molar-refractivity contribution in [1.29, 1.82) is 0 Å². The summed E-state index contributed by atoms with van der Waals surface area (Å²) in [5, 5.41) is 5.28. The van der Waals surface area contributed by atoms with Gasteiger partial charge < -0.3 is 10.6 Å². The average Bonchev–Trinajstić information content (AvgIpc) is 2.91. The van der Waals surface area contributed by atoms with Gasteiger partial charge in [0.2, 0.25) is 15.9 Å². The Morgan fingerprint density at radius 2 is 2.12 bits per heavy atom. The second kappa shape index (κ2) is 8.44. The highest BCUT2D eigenvalue weighted by atomic mass is 35.5. The number of amides is 1. The minimum Gasteiger partial charge on any atom is -0.325 e. The van der Waals surface area contributed by atoms with Crippen LogP contribution < -0.4 is 10.6 Å². The first-order valence-corrected chi connectivity index (χ1v) is 9.02. The number of sulfonamides is 1. The molecule has 1 unspecified atom stereocenters. The van der Waals surface area contributed by atoms with E-state index in [1.54, 1.807) is 7.05 Å². The van der Waals surface area contributed by atoms with Crippen molar-refractivity contribution in [1.82, 2.24) is 9.62 Å². The SMILES string of the molecule is CNCC1CCCN1S(=O)(=O)c1cc(Cl)c(NC(C)=O)cc1F.Cl. The van der Waals surface area contributed by atoms with Crippen LogP contribution in [0.25, 0.3) is 0 Å². The molecule has 1 fully saturated rings. The lowest BCUT2D eigenvalue weighted by Gasteiger charge is -2.24. The third-order valence-corrected chi connectivity index (χ3v) is 5.96. The Balaban J connectivity index is 0.00000288. The number of carbonyl (C=O) groups is 1. The number of hydrogen-bond acceptors (Lipinski definition) is 4. The van der Waals surface area contributed by atoms with Gasteiger partial charge in [-0.25, -0.2) is 12.8 Å². The first-order chi connectivity index (χ1) is 10.8. The molecule has 136 valence electrons. The molecule has 1 atom stereocenters. The Bertz CT molecular complexity index is 715. The van der Waals surface area contributed by atoms with Gasteiger partial charge in [-0.3, -0.25) is 4.79 Å². The first-order valence-electron chi connectivity index (χ1n) is 7.20. The molecule has 0 radical (unpaired) electrons. The molecule has 1 aliphatic rings. The predicted octanol–water partition coefficient (Wildman–Crippen LogP) is 2.23. The molecule has 0 spiro atoms. The Hall–Kier alpha value is -0.930. The highest BCUT2D eigenvalue weighted by Crippen LogP contribution is 2.32. The summed E-state index contributed by atoms with van der Waals surface area (Å²) < 4.78 is 41.1. The summed E-state index contributed by atoms with van der Waals surface area (Å²) in [7, 11) is -2.25. The molecule has 0 bridgehead atoms. The highest BCUT2D eigenvalue weighted by molar-refractivity contribution is 7.89. The highest BCUT2D eigenvalue weighted by Gasteiger charge is 2.36. The van der Waals surface area contributed by atoms with E-state index in [0.29, 0.717) is 13.1 Å². The number of likely N-dealkylation sites (N-methyl/N-ethyl adjacent to an activating group) is 1. The van der Waals surface area contributed by atoms with Crippen LogP contribution in [0.3, 0.4) is 0 Å². The Labute approximate surface area is 152 Å². The molecule has 1 heterocycles. The van der Waals surface area contributed by atoms with Gasteiger partial charge in [0.15, 0.2) is 0 Å². The number of nitrogens with one attached hydrogen (secondary N) is 2. The molecule has 1 saturated heterocycles. The Kier molecular flexibility index (Phi) is 7.43. The fraction of sp³-hybridized carbons (Fsp3) is 0.500. The fourth-order valence-electron chi connectivity index (χ4n) is 2.70. The van der Waals surface area contributed by atoms with Crippen LogP contribution in [0.5, 0.6) is 0 Å². The zero-order valence-corrected chi connectivity index (χ0v) is 15.7. The van der Waals surface area contributed by atoms with Crippen LogP contribution in [0.2, 0.25) is 5.02 Å². The summed E-state index contributed by atoms with van der Waals surface area (Å²) in [6.45, 7) is 2.10. The largest absolute Gasteiger partial charge is 0.325 e. The summed E-state index contributed by atoms with van der Waals surface area (Å²) in [4.78, 5) is 10.6. The number of halogens is 3. The summed E-state index contributed by atoms with van der Waals surface area (Å²) in [6.07, 6.45) is 1.45. The van der Waals surface area contributed by atoms with Crippen molar-refractivity contribution in [3.05, 3.63) is 23.0 Å². The summed E-state index contributed by atoms with van der Waals surface area (Å²) in [5.74, 6) is -1.36. The molecule has 0 aromatic heterocycles. The standard InChI is InChI=1S/C14H19ClFN3O3S.ClH/c1-9(20)18-13-7-12(16)14(6-11(13)15)23(21,22)19-5-3-4-10(19)8-17-2;/h6-7,10,17H,3-5,8H2,1-2H3,(H,18,20);1H. The number of rotatable bonds is 5. The zero-order chi connectivity index (χ0) is 17.2. The number of carbonyl (C=O) groups excluding carboxylic acids is 1. The van der Waals surface area contributed by atoms with Crippen LogP contribution in [0.1, 0.15) is 19.8 Å². The van der Waals surface area contributed by atoms with Crippen LogP contribution in [0, 0.1) is 5.82 Å². The second-order valence-electron chi connectivity index (χ2n) is 5.41. The van der Waals surface area contributed by atoms with Crippen LogP contribution >= 0.6 is 24.0 Å². The van der Waals surface area contributed by atoms with Gasteiger partial charge in [-0.05, 0) is 26.0 Å². The van der Waals surface area contributed by atoms with Gasteiger partial charge in [-0.1, -0.05) is 11.6 Å². The number of nitrogens with zero attached hydrogens (tertiary/aromatic N) is 1. The van der Waals surface area contributed by atoms with Crippen molar-refractivity contribution in [2.75, 3.05) is 25.5 Å². The van der Waals surface area contributed by atoms with Crippen molar-refractivity contribution in [3.8, 4) is 0 Å². The number of benzene rings is 1. The van der Waals surface area contributed by atoms with Gasteiger partial charge in [-0.15, -0.1) is 12.4 Å². The van der Waals surface area contributed by atoms with E-state index >= 15 is 0 Å². The van der Waals surface area contributed by atoms with E-state index in [2.05, 4.69) is 10.6 Å². The van der Waals surface area contributed by atoms with Crippen LogP contribution in [-0.2, 0) is 14.8 Å². The Morgan fingerprint density at radius 1 is 1.46 bits per heavy atom. The van der Waals surface area contributed by atoms with Crippen molar-refractivity contribution in [3.63, 3.8) is 0 Å². The molecule has 0 aliphatic carbocycles. The molecule has 2 N–H and O–H groups in total. The minimum absolute atomic E-state index is 0.